The minimum Gasteiger partial charge on any atom is -0.465 e. The summed E-state index contributed by atoms with van der Waals surface area (Å²) in [7, 11) is 2.81. The van der Waals surface area contributed by atoms with Crippen molar-refractivity contribution >= 4 is 57.6 Å². The van der Waals surface area contributed by atoms with Gasteiger partial charge >= 0.3 is 11.9 Å². The minimum absolute atomic E-state index is 0.152. The van der Waals surface area contributed by atoms with Gasteiger partial charge in [0.05, 0.1) is 19.1 Å². The molecule has 1 aromatic rings. The number of thioether (sulfide) groups is 1. The molecule has 7 heteroatoms. The smallest absolute Gasteiger partial charge is 0.348 e. The van der Waals surface area contributed by atoms with E-state index in [0.717, 1.165) is 19.3 Å². The summed E-state index contributed by atoms with van der Waals surface area (Å²) >= 11 is 5.22. The number of carbonyl (C=O) groups is 2. The number of hydrogen-bond acceptors (Lipinski definition) is 6. The molecule has 0 N–H and O–H groups in total. The average molecular weight is 462 g/mol. The van der Waals surface area contributed by atoms with Gasteiger partial charge in [0.1, 0.15) is 4.88 Å². The normalized spacial score (nSPS) is 24.5. The highest BCUT2D eigenvalue weighted by Gasteiger charge is 2.43. The summed E-state index contributed by atoms with van der Waals surface area (Å²) in [6.45, 7) is 0. The van der Waals surface area contributed by atoms with E-state index in [2.05, 4.69) is 32.7 Å². The zero-order valence-corrected chi connectivity index (χ0v) is 16.5. The molecule has 2 aliphatic rings. The molecule has 23 heavy (non-hydrogen) atoms. The van der Waals surface area contributed by atoms with Crippen molar-refractivity contribution < 1.29 is 19.1 Å². The van der Waals surface area contributed by atoms with Crippen LogP contribution in [0.4, 0.5) is 0 Å². The molecule has 0 bridgehead atoms. The van der Waals surface area contributed by atoms with E-state index in [0.29, 0.717) is 9.78 Å². The first-order valence-corrected chi connectivity index (χ1v) is 9.90. The molecule has 1 aliphatic carbocycles. The van der Waals surface area contributed by atoms with Gasteiger partial charge in [-0.1, -0.05) is 40.4 Å². The molecule has 1 spiro atoms. The Morgan fingerprint density at radius 1 is 1.30 bits per heavy atom. The van der Waals surface area contributed by atoms with Crippen LogP contribution < -0.4 is 0 Å². The lowest BCUT2D eigenvalue weighted by atomic mass is 9.74. The van der Waals surface area contributed by atoms with Crippen molar-refractivity contribution in [1.29, 1.82) is 0 Å². The van der Waals surface area contributed by atoms with Crippen LogP contribution in [0.2, 0.25) is 0 Å². The van der Waals surface area contributed by atoms with Crippen molar-refractivity contribution in [3.8, 4) is 0 Å². The monoisotopic (exact) mass is 462 g/mol. The van der Waals surface area contributed by atoms with Crippen molar-refractivity contribution in [2.45, 2.75) is 19.3 Å². The van der Waals surface area contributed by atoms with Gasteiger partial charge in [0.2, 0.25) is 0 Å². The van der Waals surface area contributed by atoms with Crippen LogP contribution in [0.5, 0.6) is 0 Å². The van der Waals surface area contributed by atoms with Gasteiger partial charge in [-0.15, -0.1) is 11.3 Å². The highest BCUT2D eigenvalue weighted by Crippen LogP contribution is 2.56. The Labute approximate surface area is 156 Å². The Bertz CT molecular complexity index is 734. The second-order valence-electron chi connectivity index (χ2n) is 5.46. The second kappa shape index (κ2) is 6.60. The fourth-order valence-corrected chi connectivity index (χ4v) is 6.42. The predicted molar refractivity (Wildman–Crippen MR) is 99.9 cm³/mol. The molecule has 0 radical (unpaired) electrons. The summed E-state index contributed by atoms with van der Waals surface area (Å²) in [4.78, 5) is 27.3. The fraction of sp³-hybridized carbons (Fsp3) is 0.375. The maximum Gasteiger partial charge on any atom is 0.348 e. The number of carbonyl (C=O) groups excluding carboxylic acids is 2. The number of ether oxygens (including phenoxy) is 2. The Kier molecular flexibility index (Phi) is 4.89. The van der Waals surface area contributed by atoms with E-state index in [1.807, 2.05) is 6.07 Å². The molecule has 3 rings (SSSR count). The lowest BCUT2D eigenvalue weighted by Gasteiger charge is -2.32. The quantitative estimate of drug-likeness (QED) is 0.490. The summed E-state index contributed by atoms with van der Waals surface area (Å²) in [5.41, 5.74) is 1.07. The summed E-state index contributed by atoms with van der Waals surface area (Å²) in [5, 5.41) is 0. The first-order chi connectivity index (χ1) is 11.0. The van der Waals surface area contributed by atoms with Crippen molar-refractivity contribution in [2.75, 3.05) is 14.2 Å². The molecule has 2 heterocycles. The maximum absolute atomic E-state index is 11.9. The van der Waals surface area contributed by atoms with E-state index in [9.17, 15) is 9.59 Å². The van der Waals surface area contributed by atoms with Crippen LogP contribution in [0.15, 0.2) is 26.0 Å². The van der Waals surface area contributed by atoms with E-state index in [1.54, 1.807) is 0 Å². The molecule has 0 saturated heterocycles. The number of hydrogen-bond donors (Lipinski definition) is 0. The summed E-state index contributed by atoms with van der Waals surface area (Å²) in [6, 6.07) is 1.94. The Hall–Kier alpha value is -0.800. The number of allylic oxidation sites excluding steroid dienone is 2. The van der Waals surface area contributed by atoms with Gasteiger partial charge in [-0.25, -0.2) is 9.59 Å². The highest BCUT2D eigenvalue weighted by atomic mass is 127. The molecule has 1 aromatic heterocycles. The molecule has 0 fully saturated rings. The van der Waals surface area contributed by atoms with Crippen LogP contribution in [0.25, 0.3) is 0 Å². The zero-order chi connectivity index (χ0) is 16.6. The van der Waals surface area contributed by atoms with Crippen molar-refractivity contribution in [1.82, 2.24) is 0 Å². The first-order valence-electron chi connectivity index (χ1n) is 7.03. The van der Waals surface area contributed by atoms with Crippen LogP contribution >= 0.6 is 45.7 Å². The second-order valence-corrected chi connectivity index (χ2v) is 8.30. The van der Waals surface area contributed by atoms with Gasteiger partial charge in [-0.3, -0.25) is 0 Å². The molecule has 1 aliphatic heterocycles. The topological polar surface area (TPSA) is 52.6 Å². The third-order valence-electron chi connectivity index (χ3n) is 4.20. The van der Waals surface area contributed by atoms with Gasteiger partial charge in [-0.05, 0) is 35.0 Å². The van der Waals surface area contributed by atoms with E-state index in [-0.39, 0.29) is 17.4 Å². The molecule has 0 aromatic carbocycles. The average Bonchev–Trinajstić information content (AvgIpc) is 3.14. The van der Waals surface area contributed by atoms with E-state index in [1.165, 1.54) is 52.7 Å². The van der Waals surface area contributed by atoms with Crippen LogP contribution in [-0.2, 0) is 27.1 Å². The van der Waals surface area contributed by atoms with E-state index in [4.69, 9.17) is 9.47 Å². The van der Waals surface area contributed by atoms with Crippen molar-refractivity contribution in [2.24, 2.45) is 5.41 Å². The lowest BCUT2D eigenvalue weighted by molar-refractivity contribution is -0.135. The third kappa shape index (κ3) is 2.98. The molecular formula is C16H15IO4S2. The highest BCUT2D eigenvalue weighted by molar-refractivity contribution is 14.1. The third-order valence-corrected chi connectivity index (χ3v) is 7.65. The molecule has 1 unspecified atom stereocenters. The molecule has 122 valence electrons. The van der Waals surface area contributed by atoms with E-state index < -0.39 is 0 Å². The predicted octanol–water partition coefficient (Wildman–Crippen LogP) is 4.09. The van der Waals surface area contributed by atoms with Crippen LogP contribution in [-0.4, -0.2) is 26.2 Å². The Morgan fingerprint density at radius 3 is 2.70 bits per heavy atom. The van der Waals surface area contributed by atoms with Crippen LogP contribution in [0, 0.1) is 5.41 Å². The molecule has 1 atom stereocenters. The summed E-state index contributed by atoms with van der Waals surface area (Å²) in [5.74, 6) is -0.565. The summed E-state index contributed by atoms with van der Waals surface area (Å²) < 4.78 is 11.7. The molecule has 4 nitrogen and oxygen atoms in total. The standard InChI is InChI=1S/C16H15IO4S2/c1-20-14(18)10-5-9-3-4-16(6-11(9)22-10)7-12(15(19)21-2)23-13(16)8-17/h5,7-8H,3-4,6H2,1-2H3/b13-8-. The Balaban J connectivity index is 1.95. The van der Waals surface area contributed by atoms with Gasteiger partial charge in [-0.2, -0.15) is 0 Å². The molecular weight excluding hydrogens is 447 g/mol. The summed E-state index contributed by atoms with van der Waals surface area (Å²) in [6.07, 6.45) is 4.68. The van der Waals surface area contributed by atoms with E-state index >= 15 is 0 Å². The molecule has 0 amide bonds. The zero-order valence-electron chi connectivity index (χ0n) is 12.7. The van der Waals surface area contributed by atoms with Gasteiger partial charge in [0.25, 0.3) is 0 Å². The maximum atomic E-state index is 11.9. The van der Waals surface area contributed by atoms with Crippen molar-refractivity contribution in [3.05, 3.63) is 41.4 Å². The van der Waals surface area contributed by atoms with Gasteiger partial charge in [0.15, 0.2) is 0 Å². The Morgan fingerprint density at radius 2 is 2.04 bits per heavy atom. The number of halogens is 1. The minimum atomic E-state index is -0.283. The number of aryl methyl sites for hydroxylation is 1. The van der Waals surface area contributed by atoms with Crippen molar-refractivity contribution in [3.63, 3.8) is 0 Å². The molecule has 0 saturated carbocycles. The number of thiophene rings is 1. The van der Waals surface area contributed by atoms with Crippen LogP contribution in [0.3, 0.4) is 0 Å². The first kappa shape index (κ1) is 17.0. The number of methoxy groups -OCH3 is 2. The van der Waals surface area contributed by atoms with Gasteiger partial charge in [0, 0.05) is 15.2 Å². The van der Waals surface area contributed by atoms with Crippen LogP contribution in [0.1, 0.15) is 26.5 Å². The fourth-order valence-electron chi connectivity index (χ4n) is 3.00. The number of rotatable bonds is 2. The largest absolute Gasteiger partial charge is 0.465 e. The van der Waals surface area contributed by atoms with Gasteiger partial charge < -0.3 is 9.47 Å². The lowest BCUT2D eigenvalue weighted by Crippen LogP contribution is -2.25. The number of fused-ring (bicyclic) bond motifs is 1. The SMILES string of the molecule is COC(=O)C1=CC2(CCc3cc(C(=O)OC)sc3C2)/C(=C/I)S1. The number of esters is 2.